The molecule has 0 radical (unpaired) electrons. The average Bonchev–Trinajstić information content (AvgIpc) is 2.67. The Kier molecular flexibility index (Phi) is 4.80. The quantitative estimate of drug-likeness (QED) is 0.678. The summed E-state index contributed by atoms with van der Waals surface area (Å²) in [5.41, 5.74) is 0. The fourth-order valence-corrected chi connectivity index (χ4v) is 3.40. The first-order valence-corrected chi connectivity index (χ1v) is 7.34. The second kappa shape index (κ2) is 6.37. The van der Waals surface area contributed by atoms with Crippen molar-refractivity contribution < 1.29 is 14.7 Å². The van der Waals surface area contributed by atoms with E-state index in [0.717, 1.165) is 12.8 Å². The summed E-state index contributed by atoms with van der Waals surface area (Å²) in [5, 5.41) is 15.2. The molecule has 2 rings (SSSR count). The van der Waals surface area contributed by atoms with Crippen LogP contribution in [0.3, 0.4) is 0 Å². The Bertz CT molecular complexity index is 334. The third-order valence-corrected chi connectivity index (χ3v) is 4.32. The highest BCUT2D eigenvalue weighted by Gasteiger charge is 2.34. The summed E-state index contributed by atoms with van der Waals surface area (Å²) < 4.78 is 0. The summed E-state index contributed by atoms with van der Waals surface area (Å²) in [6.07, 6.45) is 5.86. The molecule has 0 aromatic heterocycles. The molecule has 5 heteroatoms. The Morgan fingerprint density at radius 2 is 1.95 bits per heavy atom. The number of carboxylic acid groups (broad SMARTS) is 1. The van der Waals surface area contributed by atoms with E-state index in [1.54, 1.807) is 0 Å². The van der Waals surface area contributed by atoms with Crippen LogP contribution in [0.4, 0.5) is 0 Å². The van der Waals surface area contributed by atoms with Crippen LogP contribution >= 0.6 is 0 Å². The number of hydrogen-bond acceptors (Lipinski definition) is 3. The molecular weight excluding hydrogens is 244 g/mol. The van der Waals surface area contributed by atoms with E-state index in [1.807, 2.05) is 6.92 Å². The number of fused-ring (bicyclic) bond motifs is 2. The van der Waals surface area contributed by atoms with Gasteiger partial charge in [-0.25, -0.2) is 0 Å². The van der Waals surface area contributed by atoms with Gasteiger partial charge in [0.15, 0.2) is 0 Å². The van der Waals surface area contributed by atoms with E-state index in [0.29, 0.717) is 30.8 Å². The van der Waals surface area contributed by atoms with Crippen LogP contribution < -0.4 is 10.6 Å². The van der Waals surface area contributed by atoms with Gasteiger partial charge in [-0.05, 0) is 38.0 Å². The molecule has 2 saturated heterocycles. The summed E-state index contributed by atoms with van der Waals surface area (Å²) in [6, 6.07) is 0.957. The molecule has 2 fully saturated rings. The van der Waals surface area contributed by atoms with Crippen molar-refractivity contribution in [1.82, 2.24) is 10.6 Å². The normalized spacial score (nSPS) is 30.9. The predicted octanol–water partition coefficient (Wildman–Crippen LogP) is 1.28. The predicted molar refractivity (Wildman–Crippen MR) is 71.8 cm³/mol. The fourth-order valence-electron chi connectivity index (χ4n) is 3.40. The van der Waals surface area contributed by atoms with Gasteiger partial charge in [-0.3, -0.25) is 9.59 Å². The van der Waals surface area contributed by atoms with Crippen molar-refractivity contribution in [2.45, 2.75) is 70.0 Å². The lowest BCUT2D eigenvalue weighted by molar-refractivity contribution is -0.137. The molecule has 5 nitrogen and oxygen atoms in total. The molecule has 19 heavy (non-hydrogen) atoms. The molecule has 0 saturated carbocycles. The number of nitrogens with one attached hydrogen (secondary N) is 2. The summed E-state index contributed by atoms with van der Waals surface area (Å²) in [7, 11) is 0. The van der Waals surface area contributed by atoms with Gasteiger partial charge in [0.1, 0.15) is 0 Å². The Morgan fingerprint density at radius 3 is 2.47 bits per heavy atom. The summed E-state index contributed by atoms with van der Waals surface area (Å²) in [6.45, 7) is 1.90. The smallest absolute Gasteiger partial charge is 0.305 e. The number of amides is 1. The van der Waals surface area contributed by atoms with E-state index in [4.69, 9.17) is 5.11 Å². The standard InChI is InChI=1S/C14H24N2O3/c1-2-10(8-14(18)19)16-13(17)7-9-5-11-3-4-12(6-9)15-11/h9-12,15H,2-8H2,1H3,(H,16,17)(H,18,19). The zero-order chi connectivity index (χ0) is 13.8. The van der Waals surface area contributed by atoms with E-state index in [-0.39, 0.29) is 18.4 Å². The molecule has 1 amide bonds. The zero-order valence-electron chi connectivity index (χ0n) is 11.5. The summed E-state index contributed by atoms with van der Waals surface area (Å²) in [5.74, 6) is -0.382. The first-order valence-electron chi connectivity index (χ1n) is 7.34. The molecule has 3 unspecified atom stereocenters. The molecular formula is C14H24N2O3. The average molecular weight is 268 g/mol. The minimum absolute atomic E-state index is 0.0133. The van der Waals surface area contributed by atoms with Gasteiger partial charge < -0.3 is 15.7 Å². The van der Waals surface area contributed by atoms with Gasteiger partial charge in [-0.15, -0.1) is 0 Å². The molecule has 2 bridgehead atoms. The minimum atomic E-state index is -0.855. The Morgan fingerprint density at radius 1 is 1.32 bits per heavy atom. The molecule has 2 aliphatic rings. The third kappa shape index (κ3) is 4.20. The van der Waals surface area contributed by atoms with Gasteiger partial charge in [-0.2, -0.15) is 0 Å². The highest BCUT2D eigenvalue weighted by atomic mass is 16.4. The second-order valence-electron chi connectivity index (χ2n) is 5.95. The van der Waals surface area contributed by atoms with Crippen molar-refractivity contribution in [3.8, 4) is 0 Å². The van der Waals surface area contributed by atoms with Crippen LogP contribution in [-0.4, -0.2) is 35.1 Å². The maximum absolute atomic E-state index is 12.0. The molecule has 108 valence electrons. The number of hydrogen-bond donors (Lipinski definition) is 3. The monoisotopic (exact) mass is 268 g/mol. The Hall–Kier alpha value is -1.10. The van der Waals surface area contributed by atoms with Gasteiger partial charge in [0.05, 0.1) is 6.42 Å². The van der Waals surface area contributed by atoms with Crippen LogP contribution in [0.5, 0.6) is 0 Å². The van der Waals surface area contributed by atoms with E-state index in [9.17, 15) is 9.59 Å². The maximum atomic E-state index is 12.0. The molecule has 0 aromatic carbocycles. The topological polar surface area (TPSA) is 78.4 Å². The van der Waals surface area contributed by atoms with Crippen LogP contribution in [0.2, 0.25) is 0 Å². The SMILES string of the molecule is CCC(CC(=O)O)NC(=O)CC1CC2CCC(C1)N2. The number of aliphatic carboxylic acids is 1. The van der Waals surface area contributed by atoms with Crippen molar-refractivity contribution in [2.24, 2.45) is 5.92 Å². The van der Waals surface area contributed by atoms with E-state index >= 15 is 0 Å². The number of carbonyl (C=O) groups is 2. The Labute approximate surface area is 114 Å². The molecule has 0 aliphatic carbocycles. The first kappa shape index (κ1) is 14.3. The van der Waals surface area contributed by atoms with Gasteiger partial charge in [0, 0.05) is 24.5 Å². The van der Waals surface area contributed by atoms with E-state index in [2.05, 4.69) is 10.6 Å². The zero-order valence-corrected chi connectivity index (χ0v) is 11.5. The number of rotatable bonds is 6. The Balaban J connectivity index is 1.75. The van der Waals surface area contributed by atoms with Gasteiger partial charge >= 0.3 is 5.97 Å². The fraction of sp³-hybridized carbons (Fsp3) is 0.857. The third-order valence-electron chi connectivity index (χ3n) is 4.32. The summed E-state index contributed by atoms with van der Waals surface area (Å²) >= 11 is 0. The highest BCUT2D eigenvalue weighted by Crippen LogP contribution is 2.32. The van der Waals surface area contributed by atoms with Crippen molar-refractivity contribution in [2.75, 3.05) is 0 Å². The minimum Gasteiger partial charge on any atom is -0.481 e. The lowest BCUT2D eigenvalue weighted by atomic mass is 9.89. The molecule has 0 aromatic rings. The maximum Gasteiger partial charge on any atom is 0.305 e. The van der Waals surface area contributed by atoms with Crippen molar-refractivity contribution in [1.29, 1.82) is 0 Å². The lowest BCUT2D eigenvalue weighted by Gasteiger charge is -2.29. The molecule has 3 N–H and O–H groups in total. The molecule has 2 heterocycles. The van der Waals surface area contributed by atoms with Gasteiger partial charge in [0.25, 0.3) is 0 Å². The number of carboxylic acids is 1. The molecule has 2 aliphatic heterocycles. The van der Waals surface area contributed by atoms with Crippen LogP contribution in [0.25, 0.3) is 0 Å². The van der Waals surface area contributed by atoms with Crippen LogP contribution in [-0.2, 0) is 9.59 Å². The van der Waals surface area contributed by atoms with Crippen molar-refractivity contribution >= 4 is 11.9 Å². The van der Waals surface area contributed by atoms with Crippen LogP contribution in [0.1, 0.15) is 51.9 Å². The van der Waals surface area contributed by atoms with Crippen LogP contribution in [0.15, 0.2) is 0 Å². The van der Waals surface area contributed by atoms with Crippen molar-refractivity contribution in [3.63, 3.8) is 0 Å². The first-order chi connectivity index (χ1) is 9.06. The van der Waals surface area contributed by atoms with E-state index in [1.165, 1.54) is 12.8 Å². The number of piperidine rings is 1. The van der Waals surface area contributed by atoms with Crippen LogP contribution in [0, 0.1) is 5.92 Å². The van der Waals surface area contributed by atoms with Crippen molar-refractivity contribution in [3.05, 3.63) is 0 Å². The second-order valence-corrected chi connectivity index (χ2v) is 5.95. The van der Waals surface area contributed by atoms with Gasteiger partial charge in [0.2, 0.25) is 5.91 Å². The molecule has 3 atom stereocenters. The van der Waals surface area contributed by atoms with Gasteiger partial charge in [-0.1, -0.05) is 6.92 Å². The molecule has 0 spiro atoms. The largest absolute Gasteiger partial charge is 0.481 e. The lowest BCUT2D eigenvalue weighted by Crippen LogP contribution is -2.41. The highest BCUT2D eigenvalue weighted by molar-refractivity contribution is 5.77. The summed E-state index contributed by atoms with van der Waals surface area (Å²) in [4.78, 5) is 22.6. The number of carbonyl (C=O) groups excluding carboxylic acids is 1. The van der Waals surface area contributed by atoms with E-state index < -0.39 is 5.97 Å².